The molecule has 0 amide bonds. The van der Waals surface area contributed by atoms with Crippen LogP contribution in [-0.2, 0) is 0 Å². The second-order valence-corrected chi connectivity index (χ2v) is 12.6. The molecule has 218 valence electrons. The van der Waals surface area contributed by atoms with Crippen molar-refractivity contribution in [3.63, 3.8) is 0 Å². The monoisotopic (exact) mass is 570 g/mol. The molecule has 0 heterocycles. The number of unbranched alkanes of at least 4 members (excludes halogenated alkanes) is 10. The van der Waals surface area contributed by atoms with E-state index in [1.807, 2.05) is 62.4 Å². The minimum atomic E-state index is 0.332. The van der Waals surface area contributed by atoms with Crippen molar-refractivity contribution in [1.82, 2.24) is 0 Å². The molecule has 2 aromatic rings. The van der Waals surface area contributed by atoms with Gasteiger partial charge < -0.3 is 20.1 Å². The van der Waals surface area contributed by atoms with Crippen molar-refractivity contribution in [3.05, 3.63) is 48.5 Å². The van der Waals surface area contributed by atoms with Crippen LogP contribution in [0.4, 0.5) is 11.4 Å². The van der Waals surface area contributed by atoms with Gasteiger partial charge >= 0.3 is 0 Å². The summed E-state index contributed by atoms with van der Waals surface area (Å²) >= 11 is 5.63. The Balaban J connectivity index is 0.000000406. The summed E-state index contributed by atoms with van der Waals surface area (Å²) in [5.41, 5.74) is 1.82. The molecule has 0 aliphatic heterocycles. The first-order valence-electron chi connectivity index (χ1n) is 15.7. The van der Waals surface area contributed by atoms with E-state index in [0.29, 0.717) is 33.5 Å². The molecule has 6 heteroatoms. The number of thiocarbonyl (C=S) groups is 1. The van der Waals surface area contributed by atoms with Crippen molar-refractivity contribution in [3.8, 4) is 11.5 Å². The number of rotatable bonds is 20. The minimum Gasteiger partial charge on any atom is -0.494 e. The van der Waals surface area contributed by atoms with Crippen molar-refractivity contribution in [2.45, 2.75) is 115 Å². The average molecular weight is 571 g/mol. The van der Waals surface area contributed by atoms with E-state index >= 15 is 0 Å². The molecule has 2 rings (SSSR count). The zero-order chi connectivity index (χ0) is 28.4. The highest BCUT2D eigenvalue weighted by atomic mass is 32.1. The third kappa shape index (κ3) is 19.9. The summed E-state index contributed by atoms with van der Waals surface area (Å²) < 4.78 is 10.8. The van der Waals surface area contributed by atoms with Crippen LogP contribution in [-0.4, -0.2) is 33.5 Å². The van der Waals surface area contributed by atoms with Crippen molar-refractivity contribution in [2.75, 3.05) is 23.8 Å². The summed E-state index contributed by atoms with van der Waals surface area (Å²) in [7, 11) is 0. The Labute approximate surface area is 251 Å². The van der Waals surface area contributed by atoms with Crippen LogP contribution in [0.25, 0.3) is 0 Å². The van der Waals surface area contributed by atoms with Crippen LogP contribution in [0.2, 0.25) is 10.6 Å². The predicted molar refractivity (Wildman–Crippen MR) is 179 cm³/mol. The Kier molecular flexibility index (Phi) is 22.8. The molecule has 0 saturated carbocycles. The highest BCUT2D eigenvalue weighted by molar-refractivity contribution is 7.80. The summed E-state index contributed by atoms with van der Waals surface area (Å²) in [5, 5.41) is 10.1. The van der Waals surface area contributed by atoms with Gasteiger partial charge in [0, 0.05) is 11.4 Å². The fourth-order valence-corrected chi connectivity index (χ4v) is 6.34. The molecule has 0 radical (unpaired) electrons. The van der Waals surface area contributed by atoms with E-state index in [4.69, 9.17) is 21.7 Å². The number of anilines is 2. The van der Waals surface area contributed by atoms with Crippen LogP contribution in [0.5, 0.6) is 11.5 Å². The molecule has 0 bridgehead atoms. The molecule has 0 aliphatic carbocycles. The third-order valence-electron chi connectivity index (χ3n) is 6.55. The molecule has 2 N–H and O–H groups in total. The lowest BCUT2D eigenvalue weighted by atomic mass is 10.1. The SMILES string of the molecule is CCCCCCC[CH2][AlH][CH2]CCCCCCC.CCOc1ccc(NC(=S)Nc2ccc(OCC)cc2)cc1. The van der Waals surface area contributed by atoms with Gasteiger partial charge in [-0.2, -0.15) is 0 Å². The Hall–Kier alpha value is -1.74. The van der Waals surface area contributed by atoms with E-state index in [1.165, 1.54) is 64.2 Å². The quantitative estimate of drug-likeness (QED) is 0.0942. The van der Waals surface area contributed by atoms with E-state index in [0.717, 1.165) is 22.9 Å². The van der Waals surface area contributed by atoms with Crippen LogP contribution in [0, 0.1) is 0 Å². The smallest absolute Gasteiger partial charge is 0.236 e. The molecule has 2 aromatic carbocycles. The van der Waals surface area contributed by atoms with Crippen molar-refractivity contribution in [1.29, 1.82) is 0 Å². The van der Waals surface area contributed by atoms with Gasteiger partial charge in [0.15, 0.2) is 5.11 Å². The zero-order valence-electron chi connectivity index (χ0n) is 25.4. The van der Waals surface area contributed by atoms with Gasteiger partial charge in [-0.1, -0.05) is 101 Å². The summed E-state index contributed by atoms with van der Waals surface area (Å²) in [6.07, 6.45) is 17.8. The maximum absolute atomic E-state index is 5.40. The second-order valence-electron chi connectivity index (χ2n) is 10.1. The standard InChI is InChI=1S/C17H20N2O2S.2C8H17.Al.H/c1-3-20-15-9-5-13(6-10-15)18-17(22)19-14-7-11-16(12-8-14)21-4-2;2*1-3-5-7-8-6-4-2;;/h5-12H,3-4H2,1-2H3,(H2,18,19,22);2*1,3-8H2,2H3;;. The van der Waals surface area contributed by atoms with Crippen LogP contribution in [0.3, 0.4) is 0 Å². The van der Waals surface area contributed by atoms with Crippen LogP contribution in [0.15, 0.2) is 48.5 Å². The summed E-state index contributed by atoms with van der Waals surface area (Å²) in [6, 6.07) is 15.3. The van der Waals surface area contributed by atoms with Gasteiger partial charge in [0.2, 0.25) is 15.2 Å². The van der Waals surface area contributed by atoms with Gasteiger partial charge in [-0.05, 0) is 74.6 Å². The minimum absolute atomic E-state index is 0.332. The largest absolute Gasteiger partial charge is 0.494 e. The molecule has 0 aromatic heterocycles. The van der Waals surface area contributed by atoms with Gasteiger partial charge in [0.1, 0.15) is 11.5 Å². The van der Waals surface area contributed by atoms with Gasteiger partial charge in [-0.3, -0.25) is 0 Å². The molecule has 0 spiro atoms. The average Bonchev–Trinajstić information content (AvgIpc) is 2.94. The lowest BCUT2D eigenvalue weighted by molar-refractivity contribution is 0.340. The van der Waals surface area contributed by atoms with Crippen LogP contribution >= 0.6 is 12.2 Å². The molecule has 0 saturated heterocycles. The van der Waals surface area contributed by atoms with E-state index in [-0.39, 0.29) is 0 Å². The highest BCUT2D eigenvalue weighted by Gasteiger charge is 2.01. The van der Waals surface area contributed by atoms with Gasteiger partial charge in [0.25, 0.3) is 0 Å². The molecule has 0 fully saturated rings. The molecule has 0 aliphatic rings. The van der Waals surface area contributed by atoms with E-state index < -0.39 is 0 Å². The van der Waals surface area contributed by atoms with Crippen molar-refractivity contribution in [2.24, 2.45) is 0 Å². The first-order chi connectivity index (χ1) is 19.1. The van der Waals surface area contributed by atoms with Gasteiger partial charge in [-0.25, -0.2) is 0 Å². The first kappa shape index (κ1) is 35.3. The number of hydrogen-bond donors (Lipinski definition) is 2. The third-order valence-corrected chi connectivity index (χ3v) is 8.76. The predicted octanol–water partition coefficient (Wildman–Crippen LogP) is 10.3. The van der Waals surface area contributed by atoms with E-state index in [1.54, 1.807) is 23.4 Å². The fraction of sp³-hybridized carbons (Fsp3) is 0.606. The summed E-state index contributed by atoms with van der Waals surface area (Å²) in [6.45, 7) is 9.83. The number of ether oxygens (including phenoxy) is 2. The molecule has 4 nitrogen and oxygen atoms in total. The Morgan fingerprint density at radius 2 is 0.923 bits per heavy atom. The lowest BCUT2D eigenvalue weighted by Gasteiger charge is -2.12. The van der Waals surface area contributed by atoms with Crippen LogP contribution < -0.4 is 20.1 Å². The second kappa shape index (κ2) is 25.2. The Morgan fingerprint density at radius 3 is 1.28 bits per heavy atom. The van der Waals surface area contributed by atoms with Crippen molar-refractivity contribution >= 4 is 43.9 Å². The van der Waals surface area contributed by atoms with Crippen LogP contribution in [0.1, 0.15) is 105 Å². The van der Waals surface area contributed by atoms with Gasteiger partial charge in [0.05, 0.1) is 13.2 Å². The van der Waals surface area contributed by atoms with Gasteiger partial charge in [-0.15, -0.1) is 0 Å². The molecule has 39 heavy (non-hydrogen) atoms. The number of nitrogens with one attached hydrogen (secondary N) is 2. The zero-order valence-corrected chi connectivity index (χ0v) is 27.6. The van der Waals surface area contributed by atoms with E-state index in [9.17, 15) is 0 Å². The number of benzene rings is 2. The lowest BCUT2D eigenvalue weighted by Crippen LogP contribution is -2.18. The molecule has 0 atom stereocenters. The number of hydrogen-bond acceptors (Lipinski definition) is 3. The maximum Gasteiger partial charge on any atom is 0.236 e. The first-order valence-corrected chi connectivity index (χ1v) is 18.1. The highest BCUT2D eigenvalue weighted by Crippen LogP contribution is 2.18. The topological polar surface area (TPSA) is 42.5 Å². The fourth-order valence-electron chi connectivity index (χ4n) is 4.34. The molecular formula is C33H55AlN2O2S. The summed E-state index contributed by atoms with van der Waals surface area (Å²) in [4.78, 5) is 0. The van der Waals surface area contributed by atoms with E-state index in [2.05, 4.69) is 24.5 Å². The normalized spacial score (nSPS) is 10.3. The molecule has 0 unspecified atom stereocenters. The summed E-state index contributed by atoms with van der Waals surface area (Å²) in [5.74, 6) is 1.69. The Morgan fingerprint density at radius 1 is 0.564 bits per heavy atom. The maximum atomic E-state index is 5.40. The van der Waals surface area contributed by atoms with Crippen molar-refractivity contribution < 1.29 is 9.47 Å². The Bertz CT molecular complexity index is 763. The molecular weight excluding hydrogens is 515 g/mol.